The maximum atomic E-state index is 13.3. The molecular weight excluding hydrogens is 251 g/mol. The second-order valence-corrected chi connectivity index (χ2v) is 6.47. The summed E-state index contributed by atoms with van der Waals surface area (Å²) in [7, 11) is 0. The van der Waals surface area contributed by atoms with Gasteiger partial charge in [-0.3, -0.25) is 0 Å². The van der Waals surface area contributed by atoms with Gasteiger partial charge in [-0.1, -0.05) is 19.3 Å². The summed E-state index contributed by atoms with van der Waals surface area (Å²) in [4.78, 5) is 2.47. The van der Waals surface area contributed by atoms with Gasteiger partial charge in [0.1, 0.15) is 5.82 Å². The molecule has 3 rings (SSSR count). The van der Waals surface area contributed by atoms with Crippen molar-refractivity contribution in [1.29, 1.82) is 0 Å². The van der Waals surface area contributed by atoms with Crippen molar-refractivity contribution in [2.75, 3.05) is 24.5 Å². The Hall–Kier alpha value is -1.09. The van der Waals surface area contributed by atoms with Gasteiger partial charge in [-0.15, -0.1) is 0 Å². The third-order valence-electron chi connectivity index (χ3n) is 4.91. The van der Waals surface area contributed by atoms with Crippen LogP contribution in [-0.4, -0.2) is 25.2 Å². The third-order valence-corrected chi connectivity index (χ3v) is 4.91. The molecular formula is C17H25FN2. The molecule has 110 valence electrons. The van der Waals surface area contributed by atoms with Crippen LogP contribution in [0.2, 0.25) is 0 Å². The van der Waals surface area contributed by atoms with Gasteiger partial charge in [0.25, 0.3) is 0 Å². The number of nitrogens with zero attached hydrogens (tertiary/aromatic N) is 1. The van der Waals surface area contributed by atoms with Gasteiger partial charge in [0, 0.05) is 24.3 Å². The number of hydrogen-bond donors (Lipinski definition) is 1. The minimum absolute atomic E-state index is 0.133. The van der Waals surface area contributed by atoms with Crippen molar-refractivity contribution in [2.24, 2.45) is 0 Å². The lowest BCUT2D eigenvalue weighted by Crippen LogP contribution is -2.52. The van der Waals surface area contributed by atoms with E-state index in [0.29, 0.717) is 0 Å². The molecule has 1 N–H and O–H groups in total. The summed E-state index contributed by atoms with van der Waals surface area (Å²) in [5, 5.41) is 3.81. The van der Waals surface area contributed by atoms with Crippen LogP contribution in [0.15, 0.2) is 18.2 Å². The average Bonchev–Trinajstić information content (AvgIpc) is 2.63. The number of aryl methyl sites for hydroxylation is 1. The molecule has 0 unspecified atom stereocenters. The van der Waals surface area contributed by atoms with Crippen molar-refractivity contribution < 1.29 is 4.39 Å². The van der Waals surface area contributed by atoms with Gasteiger partial charge in [0.2, 0.25) is 0 Å². The molecule has 1 aliphatic heterocycles. The van der Waals surface area contributed by atoms with E-state index in [4.69, 9.17) is 0 Å². The number of hydrogen-bond acceptors (Lipinski definition) is 2. The molecule has 1 heterocycles. The summed E-state index contributed by atoms with van der Waals surface area (Å²) >= 11 is 0. The Labute approximate surface area is 121 Å². The highest BCUT2D eigenvalue weighted by molar-refractivity contribution is 5.53. The van der Waals surface area contributed by atoms with Crippen LogP contribution < -0.4 is 10.2 Å². The number of halogens is 1. The first-order chi connectivity index (χ1) is 9.69. The lowest BCUT2D eigenvalue weighted by Gasteiger charge is -2.41. The van der Waals surface area contributed by atoms with Crippen LogP contribution in [-0.2, 0) is 0 Å². The summed E-state index contributed by atoms with van der Waals surface area (Å²) in [5.41, 5.74) is 2.55. The monoisotopic (exact) mass is 276 g/mol. The smallest absolute Gasteiger partial charge is 0.123 e. The van der Waals surface area contributed by atoms with Crippen LogP contribution in [0.3, 0.4) is 0 Å². The summed E-state index contributed by atoms with van der Waals surface area (Å²) in [6.45, 7) is 5.27. The quantitative estimate of drug-likeness (QED) is 0.842. The minimum atomic E-state index is -0.133. The Morgan fingerprint density at radius 2 is 1.95 bits per heavy atom. The molecule has 2 fully saturated rings. The topological polar surface area (TPSA) is 15.3 Å². The second kappa shape index (κ2) is 5.72. The van der Waals surface area contributed by atoms with Crippen molar-refractivity contribution in [3.8, 4) is 0 Å². The molecule has 20 heavy (non-hydrogen) atoms. The van der Waals surface area contributed by atoms with Gasteiger partial charge in [0.15, 0.2) is 0 Å². The van der Waals surface area contributed by atoms with Gasteiger partial charge >= 0.3 is 0 Å². The molecule has 3 heteroatoms. The van der Waals surface area contributed by atoms with Crippen LogP contribution in [0.4, 0.5) is 10.1 Å². The van der Waals surface area contributed by atoms with Crippen molar-refractivity contribution >= 4 is 5.69 Å². The van der Waals surface area contributed by atoms with Crippen molar-refractivity contribution in [2.45, 2.75) is 51.0 Å². The average molecular weight is 276 g/mol. The molecule has 0 radical (unpaired) electrons. The zero-order valence-corrected chi connectivity index (χ0v) is 12.4. The Morgan fingerprint density at radius 1 is 1.15 bits per heavy atom. The Bertz CT molecular complexity index is 466. The Balaban J connectivity index is 1.84. The zero-order valence-electron chi connectivity index (χ0n) is 12.4. The lowest BCUT2D eigenvalue weighted by molar-refractivity contribution is 0.246. The summed E-state index contributed by atoms with van der Waals surface area (Å²) in [6.07, 6.45) is 7.78. The molecule has 0 bridgehead atoms. The van der Waals surface area contributed by atoms with E-state index in [9.17, 15) is 4.39 Å². The predicted molar refractivity (Wildman–Crippen MR) is 81.8 cm³/mol. The summed E-state index contributed by atoms with van der Waals surface area (Å²) < 4.78 is 13.3. The van der Waals surface area contributed by atoms with Crippen molar-refractivity contribution in [3.63, 3.8) is 0 Å². The van der Waals surface area contributed by atoms with E-state index >= 15 is 0 Å². The number of rotatable bonds is 1. The van der Waals surface area contributed by atoms with Crippen molar-refractivity contribution in [1.82, 2.24) is 5.32 Å². The number of benzene rings is 1. The highest BCUT2D eigenvalue weighted by Gasteiger charge is 2.35. The largest absolute Gasteiger partial charge is 0.369 e. The van der Waals surface area contributed by atoms with Crippen LogP contribution in [0.5, 0.6) is 0 Å². The molecule has 0 aromatic heterocycles. The molecule has 0 amide bonds. The van der Waals surface area contributed by atoms with E-state index in [-0.39, 0.29) is 11.4 Å². The summed E-state index contributed by atoms with van der Waals surface area (Å²) in [5.74, 6) is -0.133. The summed E-state index contributed by atoms with van der Waals surface area (Å²) in [6, 6.07) is 5.20. The lowest BCUT2D eigenvalue weighted by atomic mass is 9.81. The van der Waals surface area contributed by atoms with E-state index in [1.54, 1.807) is 12.1 Å². The van der Waals surface area contributed by atoms with E-state index in [1.165, 1.54) is 44.2 Å². The number of anilines is 1. The van der Waals surface area contributed by atoms with E-state index in [2.05, 4.69) is 10.2 Å². The fraction of sp³-hybridized carbons (Fsp3) is 0.647. The molecule has 2 nitrogen and oxygen atoms in total. The number of nitrogens with one attached hydrogen (secondary N) is 1. The van der Waals surface area contributed by atoms with Crippen LogP contribution in [0.25, 0.3) is 0 Å². The molecule has 1 aliphatic carbocycles. The van der Waals surface area contributed by atoms with Gasteiger partial charge < -0.3 is 10.2 Å². The molecule has 1 aromatic rings. The molecule has 1 spiro atoms. The first-order valence-electron chi connectivity index (χ1n) is 7.95. The maximum absolute atomic E-state index is 13.3. The van der Waals surface area contributed by atoms with E-state index in [0.717, 1.165) is 25.2 Å². The standard InChI is InChI=1S/C17H25FN2/c1-14-12-15(18)6-7-16(14)20-11-5-10-19-17(13-20)8-3-2-4-9-17/h6-7,12,19H,2-5,8-11,13H2,1H3. The molecule has 0 atom stereocenters. The van der Waals surface area contributed by atoms with E-state index < -0.39 is 0 Å². The predicted octanol–water partition coefficient (Wildman–Crippen LogP) is 3.64. The fourth-order valence-corrected chi connectivity index (χ4v) is 3.87. The second-order valence-electron chi connectivity index (χ2n) is 6.47. The normalized spacial score (nSPS) is 22.8. The minimum Gasteiger partial charge on any atom is -0.369 e. The highest BCUT2D eigenvalue weighted by atomic mass is 19.1. The Morgan fingerprint density at radius 3 is 2.70 bits per heavy atom. The molecule has 1 saturated heterocycles. The zero-order chi connectivity index (χ0) is 14.0. The first-order valence-corrected chi connectivity index (χ1v) is 7.95. The van der Waals surface area contributed by atoms with Crippen LogP contribution in [0.1, 0.15) is 44.1 Å². The van der Waals surface area contributed by atoms with Crippen LogP contribution in [0, 0.1) is 12.7 Å². The van der Waals surface area contributed by atoms with E-state index in [1.807, 2.05) is 13.0 Å². The highest BCUT2D eigenvalue weighted by Crippen LogP contribution is 2.33. The van der Waals surface area contributed by atoms with Gasteiger partial charge in [0.05, 0.1) is 0 Å². The Kier molecular flexibility index (Phi) is 3.97. The first kappa shape index (κ1) is 13.9. The van der Waals surface area contributed by atoms with Gasteiger partial charge in [-0.05, 0) is 56.5 Å². The van der Waals surface area contributed by atoms with Crippen LogP contribution >= 0.6 is 0 Å². The maximum Gasteiger partial charge on any atom is 0.123 e. The third kappa shape index (κ3) is 2.83. The van der Waals surface area contributed by atoms with Gasteiger partial charge in [-0.2, -0.15) is 0 Å². The van der Waals surface area contributed by atoms with Crippen molar-refractivity contribution in [3.05, 3.63) is 29.6 Å². The molecule has 1 aromatic carbocycles. The SMILES string of the molecule is Cc1cc(F)ccc1N1CCCNC2(CCCCC2)C1. The molecule has 2 aliphatic rings. The van der Waals surface area contributed by atoms with Gasteiger partial charge in [-0.25, -0.2) is 4.39 Å². The molecule has 1 saturated carbocycles. The fourth-order valence-electron chi connectivity index (χ4n) is 3.87.